The van der Waals surface area contributed by atoms with Gasteiger partial charge in [-0.05, 0) is 31.9 Å². The zero-order valence-corrected chi connectivity index (χ0v) is 18.6. The second kappa shape index (κ2) is 8.74. The quantitative estimate of drug-likeness (QED) is 0.511. The first-order valence-electron chi connectivity index (χ1n) is 11.4. The van der Waals surface area contributed by atoms with Crippen molar-refractivity contribution in [1.82, 2.24) is 19.5 Å². The molecular weight excluding hydrogens is 404 g/mol. The molecule has 1 aliphatic carbocycles. The fourth-order valence-corrected chi connectivity index (χ4v) is 4.71. The van der Waals surface area contributed by atoms with Crippen molar-refractivity contribution in [2.45, 2.75) is 44.7 Å². The first-order valence-corrected chi connectivity index (χ1v) is 11.4. The molecule has 1 aromatic carbocycles. The zero-order valence-electron chi connectivity index (χ0n) is 18.6. The molecule has 9 heteroatoms. The van der Waals surface area contributed by atoms with Gasteiger partial charge in [0.25, 0.3) is 0 Å². The molecule has 9 nitrogen and oxygen atoms in total. The normalized spacial score (nSPS) is 19.4. The summed E-state index contributed by atoms with van der Waals surface area (Å²) in [7, 11) is 1.85. The van der Waals surface area contributed by atoms with Crippen LogP contribution in [0, 0.1) is 5.41 Å². The zero-order chi connectivity index (χ0) is 22.1. The highest BCUT2D eigenvalue weighted by molar-refractivity contribution is 5.92. The number of aromatic nitrogens is 4. The second-order valence-electron chi connectivity index (χ2n) is 8.51. The molecular formula is C23H30N8O. The van der Waals surface area contributed by atoms with Crippen molar-refractivity contribution in [2.75, 3.05) is 42.3 Å². The Labute approximate surface area is 187 Å². The fraction of sp³-hybridized carbons (Fsp3) is 0.478. The topological polar surface area (TPSA) is 104 Å². The average molecular weight is 435 g/mol. The van der Waals surface area contributed by atoms with Crippen LogP contribution in [0.2, 0.25) is 0 Å². The molecule has 0 amide bonds. The Morgan fingerprint density at radius 2 is 1.97 bits per heavy atom. The summed E-state index contributed by atoms with van der Waals surface area (Å²) >= 11 is 0. The molecule has 5 rings (SSSR count). The van der Waals surface area contributed by atoms with Gasteiger partial charge in [0, 0.05) is 25.8 Å². The van der Waals surface area contributed by atoms with Gasteiger partial charge in [-0.3, -0.25) is 0 Å². The molecule has 0 radical (unpaired) electrons. The van der Waals surface area contributed by atoms with Gasteiger partial charge in [0.05, 0.1) is 35.9 Å². The van der Waals surface area contributed by atoms with Gasteiger partial charge in [-0.25, -0.2) is 9.55 Å². The predicted molar refractivity (Wildman–Crippen MR) is 128 cm³/mol. The molecule has 1 atom stereocenters. The standard InChI is InChI=1S/C23H30N8O/c1-15-14-32-12-11-30(15)21-17(13-24)20(26-16-7-3-4-8-16)28-23(29-21)31-19-10-6-5-9-18(19)27-22(31)25-2/h5-6,9-10,13,15-16,24H,3-4,7-8,11-12,14H2,1-2H3,(H,25,27)(H,26,28,29)/t15-/m1/s1. The lowest BCUT2D eigenvalue weighted by Gasteiger charge is -2.35. The SMILES string of the molecule is CNc1nc2ccccc2n1-c1nc(NC2CCCC2)c(C=N)c(N2CCOC[C@H]2C)n1. The molecule has 2 fully saturated rings. The number of rotatable bonds is 6. The number of nitrogens with one attached hydrogen (secondary N) is 3. The first kappa shape index (κ1) is 20.7. The fourth-order valence-electron chi connectivity index (χ4n) is 4.71. The van der Waals surface area contributed by atoms with Crippen molar-refractivity contribution in [3.63, 3.8) is 0 Å². The van der Waals surface area contributed by atoms with Crippen molar-refractivity contribution < 1.29 is 4.74 Å². The number of anilines is 3. The molecule has 2 aromatic heterocycles. The van der Waals surface area contributed by atoms with Gasteiger partial charge in [-0.1, -0.05) is 25.0 Å². The van der Waals surface area contributed by atoms with E-state index in [2.05, 4.69) is 22.5 Å². The summed E-state index contributed by atoms with van der Waals surface area (Å²) in [6, 6.07) is 8.52. The van der Waals surface area contributed by atoms with Crippen molar-refractivity contribution in [2.24, 2.45) is 0 Å². The third kappa shape index (κ3) is 3.66. The Hall–Kier alpha value is -3.20. The minimum absolute atomic E-state index is 0.160. The Kier molecular flexibility index (Phi) is 5.65. The lowest BCUT2D eigenvalue weighted by Crippen LogP contribution is -2.45. The number of nitrogens with zero attached hydrogens (tertiary/aromatic N) is 5. The highest BCUT2D eigenvalue weighted by atomic mass is 16.5. The number of morpholine rings is 1. The Morgan fingerprint density at radius 3 is 2.72 bits per heavy atom. The van der Waals surface area contributed by atoms with E-state index in [0.717, 1.165) is 41.8 Å². The molecule has 3 heterocycles. The van der Waals surface area contributed by atoms with Crippen LogP contribution in [0.4, 0.5) is 17.6 Å². The number of hydrogen-bond acceptors (Lipinski definition) is 8. The van der Waals surface area contributed by atoms with Gasteiger partial charge >= 0.3 is 0 Å². The minimum atomic E-state index is 0.160. The maximum absolute atomic E-state index is 8.20. The van der Waals surface area contributed by atoms with E-state index in [1.807, 2.05) is 35.9 Å². The molecule has 1 aliphatic heterocycles. The van der Waals surface area contributed by atoms with E-state index in [1.54, 1.807) is 0 Å². The van der Waals surface area contributed by atoms with E-state index in [1.165, 1.54) is 19.1 Å². The van der Waals surface area contributed by atoms with Gasteiger partial charge in [0.15, 0.2) is 0 Å². The maximum Gasteiger partial charge on any atom is 0.241 e. The molecule has 32 heavy (non-hydrogen) atoms. The number of imidazole rings is 1. The van der Waals surface area contributed by atoms with E-state index in [-0.39, 0.29) is 6.04 Å². The second-order valence-corrected chi connectivity index (χ2v) is 8.51. The summed E-state index contributed by atoms with van der Waals surface area (Å²) in [6.07, 6.45) is 6.06. The van der Waals surface area contributed by atoms with Crippen molar-refractivity contribution in [1.29, 1.82) is 5.41 Å². The van der Waals surface area contributed by atoms with Gasteiger partial charge < -0.3 is 25.7 Å². The van der Waals surface area contributed by atoms with Gasteiger partial charge in [0.2, 0.25) is 11.9 Å². The van der Waals surface area contributed by atoms with Crippen LogP contribution in [0.25, 0.3) is 17.0 Å². The molecule has 3 aromatic rings. The van der Waals surface area contributed by atoms with E-state index in [4.69, 9.17) is 25.1 Å². The summed E-state index contributed by atoms with van der Waals surface area (Å²) in [5.41, 5.74) is 2.54. The molecule has 0 spiro atoms. The molecule has 0 bridgehead atoms. The van der Waals surface area contributed by atoms with E-state index >= 15 is 0 Å². The Morgan fingerprint density at radius 1 is 1.16 bits per heavy atom. The van der Waals surface area contributed by atoms with Crippen molar-refractivity contribution in [3.05, 3.63) is 29.8 Å². The highest BCUT2D eigenvalue weighted by Gasteiger charge is 2.28. The van der Waals surface area contributed by atoms with Crippen LogP contribution < -0.4 is 15.5 Å². The average Bonchev–Trinajstić information content (AvgIpc) is 3.46. The van der Waals surface area contributed by atoms with Crippen LogP contribution in [-0.2, 0) is 4.74 Å². The molecule has 3 N–H and O–H groups in total. The van der Waals surface area contributed by atoms with Crippen LogP contribution in [0.1, 0.15) is 38.2 Å². The van der Waals surface area contributed by atoms with Crippen molar-refractivity contribution >= 4 is 34.8 Å². The Bertz CT molecular complexity index is 1120. The molecule has 2 aliphatic rings. The van der Waals surface area contributed by atoms with Crippen LogP contribution in [0.5, 0.6) is 0 Å². The third-order valence-electron chi connectivity index (χ3n) is 6.38. The summed E-state index contributed by atoms with van der Waals surface area (Å²) in [6.45, 7) is 4.13. The van der Waals surface area contributed by atoms with Crippen LogP contribution in [0.3, 0.4) is 0 Å². The predicted octanol–water partition coefficient (Wildman–Crippen LogP) is 3.43. The first-order chi connectivity index (χ1) is 15.7. The van der Waals surface area contributed by atoms with Gasteiger partial charge in [-0.2, -0.15) is 9.97 Å². The van der Waals surface area contributed by atoms with Gasteiger partial charge in [-0.15, -0.1) is 0 Å². The number of hydrogen-bond donors (Lipinski definition) is 3. The highest BCUT2D eigenvalue weighted by Crippen LogP contribution is 2.32. The number of ether oxygens (including phenoxy) is 1. The van der Waals surface area contributed by atoms with Crippen LogP contribution in [0.15, 0.2) is 24.3 Å². The third-order valence-corrected chi connectivity index (χ3v) is 6.38. The van der Waals surface area contributed by atoms with Crippen LogP contribution in [-0.4, -0.2) is 64.6 Å². The molecule has 1 saturated heterocycles. The smallest absolute Gasteiger partial charge is 0.241 e. The van der Waals surface area contributed by atoms with Crippen molar-refractivity contribution in [3.8, 4) is 5.95 Å². The largest absolute Gasteiger partial charge is 0.377 e. The number of benzene rings is 1. The van der Waals surface area contributed by atoms with Gasteiger partial charge in [0.1, 0.15) is 11.6 Å². The van der Waals surface area contributed by atoms with E-state index < -0.39 is 0 Å². The summed E-state index contributed by atoms with van der Waals surface area (Å²) in [5, 5.41) is 15.0. The maximum atomic E-state index is 8.20. The number of para-hydroxylation sites is 2. The summed E-state index contributed by atoms with van der Waals surface area (Å²) in [4.78, 5) is 16.9. The monoisotopic (exact) mass is 434 g/mol. The Balaban J connectivity index is 1.71. The summed E-state index contributed by atoms with van der Waals surface area (Å²) < 4.78 is 7.61. The minimum Gasteiger partial charge on any atom is -0.377 e. The summed E-state index contributed by atoms with van der Waals surface area (Å²) in [5.74, 6) is 2.70. The van der Waals surface area contributed by atoms with E-state index in [0.29, 0.717) is 37.0 Å². The molecule has 1 saturated carbocycles. The lowest BCUT2D eigenvalue weighted by atomic mass is 10.2. The van der Waals surface area contributed by atoms with E-state index in [9.17, 15) is 0 Å². The lowest BCUT2D eigenvalue weighted by molar-refractivity contribution is 0.0985. The molecule has 0 unspecified atom stereocenters. The van der Waals surface area contributed by atoms with Crippen LogP contribution >= 0.6 is 0 Å². The molecule has 168 valence electrons. The number of fused-ring (bicyclic) bond motifs is 1.